The van der Waals surface area contributed by atoms with Gasteiger partial charge >= 0.3 is 15.6 Å². The molecule has 0 radical (unpaired) electrons. The minimum Gasteiger partial charge on any atom is -0.374 e. The summed E-state index contributed by atoms with van der Waals surface area (Å²) in [6.07, 6.45) is 2.40. The first-order valence-electron chi connectivity index (χ1n) is 4.23. The van der Waals surface area contributed by atoms with Gasteiger partial charge in [-0.25, -0.2) is 4.98 Å². The van der Waals surface area contributed by atoms with Crippen molar-refractivity contribution in [2.45, 2.75) is 5.51 Å². The molecule has 0 fully saturated rings. The first kappa shape index (κ1) is 11.7. The van der Waals surface area contributed by atoms with E-state index >= 15 is 0 Å². The van der Waals surface area contributed by atoms with Gasteiger partial charge in [0.2, 0.25) is 0 Å². The molecule has 92 valence electrons. The smallest absolute Gasteiger partial charge is 0.374 e. The van der Waals surface area contributed by atoms with Gasteiger partial charge in [0.15, 0.2) is 5.75 Å². The van der Waals surface area contributed by atoms with Gasteiger partial charge < -0.3 is 9.17 Å². The summed E-state index contributed by atoms with van der Waals surface area (Å²) in [6, 6.07) is 2.66. The fourth-order valence-electron chi connectivity index (χ4n) is 1.14. The summed E-state index contributed by atoms with van der Waals surface area (Å²) in [5, 5.41) is 0.444. The molecule has 17 heavy (non-hydrogen) atoms. The van der Waals surface area contributed by atoms with Crippen molar-refractivity contribution in [3.05, 3.63) is 24.5 Å². The minimum atomic E-state index is -5.65. The van der Waals surface area contributed by atoms with Crippen LogP contribution in [0.2, 0.25) is 0 Å². The van der Waals surface area contributed by atoms with Crippen LogP contribution in [0.4, 0.5) is 13.2 Å². The molecule has 2 aromatic rings. The number of halogens is 3. The molecule has 0 atom stereocenters. The van der Waals surface area contributed by atoms with E-state index in [1.165, 1.54) is 12.3 Å². The Labute approximate surface area is 93.4 Å². The van der Waals surface area contributed by atoms with Crippen molar-refractivity contribution in [2.75, 3.05) is 0 Å². The highest BCUT2D eigenvalue weighted by atomic mass is 32.2. The number of pyridine rings is 1. The Balaban J connectivity index is 2.36. The normalized spacial score (nSPS) is 12.9. The maximum absolute atomic E-state index is 12.0. The monoisotopic (exact) mass is 266 g/mol. The van der Waals surface area contributed by atoms with Crippen LogP contribution in [0.5, 0.6) is 5.75 Å². The third-order valence-electron chi connectivity index (χ3n) is 1.86. The summed E-state index contributed by atoms with van der Waals surface area (Å²) in [6.45, 7) is 0. The van der Waals surface area contributed by atoms with Gasteiger partial charge in [0.05, 0.1) is 6.20 Å². The van der Waals surface area contributed by atoms with Crippen molar-refractivity contribution >= 4 is 21.2 Å². The van der Waals surface area contributed by atoms with E-state index in [1.54, 1.807) is 0 Å². The van der Waals surface area contributed by atoms with Crippen molar-refractivity contribution in [3.8, 4) is 5.75 Å². The van der Waals surface area contributed by atoms with Crippen molar-refractivity contribution in [3.63, 3.8) is 0 Å². The molecule has 5 nitrogen and oxygen atoms in total. The number of hydrogen-bond donors (Lipinski definition) is 1. The Bertz CT molecular complexity index is 647. The molecule has 9 heteroatoms. The number of alkyl halides is 3. The SMILES string of the molecule is O=S(=O)(Oc1cnc2[nH]ccc2c1)C(F)(F)F. The second-order valence-corrected chi connectivity index (χ2v) is 4.61. The number of fused-ring (bicyclic) bond motifs is 1. The van der Waals surface area contributed by atoms with Gasteiger partial charge in [-0.15, -0.1) is 0 Å². The lowest BCUT2D eigenvalue weighted by molar-refractivity contribution is -0.0500. The number of nitrogens with zero attached hydrogens (tertiary/aromatic N) is 1. The predicted molar refractivity (Wildman–Crippen MR) is 51.7 cm³/mol. The van der Waals surface area contributed by atoms with E-state index < -0.39 is 21.4 Å². The largest absolute Gasteiger partial charge is 0.534 e. The molecule has 0 aromatic carbocycles. The van der Waals surface area contributed by atoms with E-state index in [0.29, 0.717) is 11.0 Å². The standard InChI is InChI=1S/C8H5F3N2O3S/c9-8(10,11)17(14,15)16-6-3-5-1-2-12-7(5)13-4-6/h1-4H,(H,12,13). The van der Waals surface area contributed by atoms with Crippen LogP contribution in [0, 0.1) is 0 Å². The van der Waals surface area contributed by atoms with Gasteiger partial charge in [-0.05, 0) is 12.1 Å². The average molecular weight is 266 g/mol. The third kappa shape index (κ3) is 2.18. The van der Waals surface area contributed by atoms with Crippen molar-refractivity contribution < 1.29 is 25.8 Å². The van der Waals surface area contributed by atoms with Crippen LogP contribution in [0.15, 0.2) is 24.5 Å². The molecule has 0 spiro atoms. The van der Waals surface area contributed by atoms with Crippen LogP contribution in [0.3, 0.4) is 0 Å². The van der Waals surface area contributed by atoms with E-state index in [1.807, 2.05) is 0 Å². The Hall–Kier alpha value is -1.77. The molecule has 0 aliphatic carbocycles. The van der Waals surface area contributed by atoms with Crippen LogP contribution in [-0.4, -0.2) is 23.9 Å². The zero-order valence-corrected chi connectivity index (χ0v) is 8.84. The Morgan fingerprint density at radius 3 is 2.71 bits per heavy atom. The van der Waals surface area contributed by atoms with Gasteiger partial charge in [0.1, 0.15) is 5.65 Å². The lowest BCUT2D eigenvalue weighted by atomic mass is 10.3. The van der Waals surface area contributed by atoms with Crippen molar-refractivity contribution in [1.29, 1.82) is 0 Å². The molecule has 0 aliphatic rings. The van der Waals surface area contributed by atoms with E-state index in [-0.39, 0.29) is 0 Å². The molecule has 0 saturated heterocycles. The highest BCUT2D eigenvalue weighted by molar-refractivity contribution is 7.87. The molecule has 2 aromatic heterocycles. The van der Waals surface area contributed by atoms with Crippen molar-refractivity contribution in [1.82, 2.24) is 9.97 Å². The summed E-state index contributed by atoms with van der Waals surface area (Å²) in [7, 11) is -5.65. The molecule has 0 unspecified atom stereocenters. The third-order valence-corrected chi connectivity index (χ3v) is 2.84. The highest BCUT2D eigenvalue weighted by Gasteiger charge is 2.48. The van der Waals surface area contributed by atoms with E-state index in [0.717, 1.165) is 12.3 Å². The molecule has 2 heterocycles. The zero-order valence-electron chi connectivity index (χ0n) is 8.02. The topological polar surface area (TPSA) is 72.1 Å². The lowest BCUT2D eigenvalue weighted by Crippen LogP contribution is -2.28. The molecule has 1 N–H and O–H groups in total. The second kappa shape index (κ2) is 3.62. The van der Waals surface area contributed by atoms with Crippen LogP contribution >= 0.6 is 0 Å². The van der Waals surface area contributed by atoms with E-state index in [2.05, 4.69) is 14.2 Å². The van der Waals surface area contributed by atoms with Crippen LogP contribution < -0.4 is 4.18 Å². The van der Waals surface area contributed by atoms with Crippen LogP contribution in [-0.2, 0) is 10.1 Å². The summed E-state index contributed by atoms with van der Waals surface area (Å²) in [5.74, 6) is -0.491. The summed E-state index contributed by atoms with van der Waals surface area (Å²) in [4.78, 5) is 6.40. The number of H-pyrrole nitrogens is 1. The van der Waals surface area contributed by atoms with E-state index in [4.69, 9.17) is 0 Å². The predicted octanol–water partition coefficient (Wildman–Crippen LogP) is 1.79. The molecular weight excluding hydrogens is 261 g/mol. The second-order valence-electron chi connectivity index (χ2n) is 3.07. The maximum atomic E-state index is 12.0. The summed E-state index contributed by atoms with van der Waals surface area (Å²) in [5.41, 5.74) is -5.04. The minimum absolute atomic E-state index is 0.418. The zero-order chi connectivity index (χ0) is 12.7. The van der Waals surface area contributed by atoms with Gasteiger partial charge in [0, 0.05) is 11.6 Å². The highest BCUT2D eigenvalue weighted by Crippen LogP contribution is 2.27. The Kier molecular flexibility index (Phi) is 2.49. The van der Waals surface area contributed by atoms with Gasteiger partial charge in [-0.3, -0.25) is 0 Å². The van der Waals surface area contributed by atoms with Gasteiger partial charge in [-0.2, -0.15) is 21.6 Å². The first-order valence-corrected chi connectivity index (χ1v) is 5.64. The van der Waals surface area contributed by atoms with Crippen molar-refractivity contribution in [2.24, 2.45) is 0 Å². The van der Waals surface area contributed by atoms with Gasteiger partial charge in [0.25, 0.3) is 0 Å². The number of rotatable bonds is 2. The fraction of sp³-hybridized carbons (Fsp3) is 0.125. The van der Waals surface area contributed by atoms with Gasteiger partial charge in [-0.1, -0.05) is 0 Å². The lowest BCUT2D eigenvalue weighted by Gasteiger charge is -2.08. The molecule has 0 saturated carbocycles. The summed E-state index contributed by atoms with van der Waals surface area (Å²) < 4.78 is 61.4. The number of nitrogens with one attached hydrogen (secondary N) is 1. The number of hydrogen-bond acceptors (Lipinski definition) is 4. The molecule has 2 rings (SSSR count). The quantitative estimate of drug-likeness (QED) is 0.664. The van der Waals surface area contributed by atoms with Crippen LogP contribution in [0.1, 0.15) is 0 Å². The van der Waals surface area contributed by atoms with Crippen LogP contribution in [0.25, 0.3) is 11.0 Å². The molecular formula is C8H5F3N2O3S. The Morgan fingerprint density at radius 2 is 2.06 bits per heavy atom. The number of aromatic amines is 1. The molecule has 0 amide bonds. The fourth-order valence-corrected chi connectivity index (χ4v) is 1.58. The summed E-state index contributed by atoms with van der Waals surface area (Å²) >= 11 is 0. The molecule has 0 aliphatic heterocycles. The Morgan fingerprint density at radius 1 is 1.35 bits per heavy atom. The first-order chi connectivity index (χ1) is 7.79. The maximum Gasteiger partial charge on any atom is 0.534 e. The number of aromatic nitrogens is 2. The average Bonchev–Trinajstić information content (AvgIpc) is 2.62. The van der Waals surface area contributed by atoms with E-state index in [9.17, 15) is 21.6 Å². The molecule has 0 bridgehead atoms.